The van der Waals surface area contributed by atoms with Crippen LogP contribution in [-0.2, 0) is 0 Å². The van der Waals surface area contributed by atoms with Gasteiger partial charge in [0.25, 0.3) is 0 Å². The van der Waals surface area contributed by atoms with E-state index in [4.69, 9.17) is 0 Å². The summed E-state index contributed by atoms with van der Waals surface area (Å²) in [5, 5.41) is 0. The highest BCUT2D eigenvalue weighted by Gasteiger charge is 2.39. The van der Waals surface area contributed by atoms with Crippen LogP contribution in [0.1, 0.15) is 35.8 Å². The molecule has 0 unspecified atom stereocenters. The predicted molar refractivity (Wildman–Crippen MR) is 58.2 cm³/mol. The minimum atomic E-state index is 0.723. The summed E-state index contributed by atoms with van der Waals surface area (Å²) in [7, 11) is 0. The van der Waals surface area contributed by atoms with E-state index < -0.39 is 0 Å². The van der Waals surface area contributed by atoms with Crippen LogP contribution in [0.5, 0.6) is 0 Å². The molecule has 13 heavy (non-hydrogen) atoms. The highest BCUT2D eigenvalue weighted by molar-refractivity contribution is 9.11. The zero-order valence-electron chi connectivity index (χ0n) is 7.33. The Hall–Kier alpha value is -0.560. The topological polar surface area (TPSA) is 0 Å². The smallest absolute Gasteiger partial charge is 0.00654 e. The molecule has 3 rings (SSSR count). The van der Waals surface area contributed by atoms with Crippen LogP contribution in [0.4, 0.5) is 0 Å². The molecule has 0 amide bonds. The summed E-state index contributed by atoms with van der Waals surface area (Å²) in [4.78, 5) is 2.13. The molecule has 2 atom stereocenters. The van der Waals surface area contributed by atoms with Crippen LogP contribution in [0, 0.1) is 0 Å². The maximum Gasteiger partial charge on any atom is 0.00654 e. The molecule has 1 fully saturated rings. The van der Waals surface area contributed by atoms with Crippen LogP contribution < -0.4 is 0 Å². The van der Waals surface area contributed by atoms with Gasteiger partial charge in [0, 0.05) is 5.92 Å². The molecule has 1 aromatic carbocycles. The summed E-state index contributed by atoms with van der Waals surface area (Å²) < 4.78 is 0. The van der Waals surface area contributed by atoms with Crippen molar-refractivity contribution in [3.05, 3.63) is 46.0 Å². The quantitative estimate of drug-likeness (QED) is 0.638. The Morgan fingerprint density at radius 3 is 2.77 bits per heavy atom. The largest absolute Gasteiger partial charge is 0.0620 e. The first kappa shape index (κ1) is 7.81. The van der Waals surface area contributed by atoms with Gasteiger partial charge in [0.1, 0.15) is 0 Å². The average molecular weight is 235 g/mol. The van der Waals surface area contributed by atoms with E-state index in [1.54, 1.807) is 16.7 Å². The Morgan fingerprint density at radius 1 is 1.23 bits per heavy atom. The molecule has 1 saturated carbocycles. The fourth-order valence-corrected chi connectivity index (χ4v) is 3.34. The monoisotopic (exact) mass is 234 g/mol. The molecule has 0 spiro atoms. The van der Waals surface area contributed by atoms with Crippen molar-refractivity contribution < 1.29 is 0 Å². The molecule has 0 aromatic heterocycles. The molecule has 2 bridgehead atoms. The number of hydrogen-bond donors (Lipinski definition) is 0. The van der Waals surface area contributed by atoms with E-state index in [2.05, 4.69) is 45.2 Å². The van der Waals surface area contributed by atoms with Gasteiger partial charge in [0.05, 0.1) is 0 Å². The lowest BCUT2D eigenvalue weighted by Crippen LogP contribution is -1.99. The van der Waals surface area contributed by atoms with Crippen LogP contribution in [0.2, 0.25) is 0 Å². The first-order valence-electron chi connectivity index (χ1n) is 4.78. The van der Waals surface area contributed by atoms with Crippen molar-refractivity contribution in [3.8, 4) is 0 Å². The van der Waals surface area contributed by atoms with Gasteiger partial charge in [-0.1, -0.05) is 45.8 Å². The van der Waals surface area contributed by atoms with Crippen molar-refractivity contribution in [3.63, 3.8) is 0 Å². The number of rotatable bonds is 0. The van der Waals surface area contributed by atoms with Crippen molar-refractivity contribution in [1.29, 1.82) is 0 Å². The number of benzene rings is 1. The Bertz CT molecular complexity index is 378. The third kappa shape index (κ3) is 0.969. The van der Waals surface area contributed by atoms with Crippen LogP contribution in [0.15, 0.2) is 34.8 Å². The second-order valence-electron chi connectivity index (χ2n) is 4.00. The third-order valence-corrected chi connectivity index (χ3v) is 3.99. The molecular weight excluding hydrogens is 224 g/mol. The van der Waals surface area contributed by atoms with Crippen LogP contribution in [-0.4, -0.2) is 0 Å². The van der Waals surface area contributed by atoms with E-state index in [1.165, 1.54) is 12.8 Å². The Labute approximate surface area is 86.8 Å². The normalized spacial score (nSPS) is 32.5. The summed E-state index contributed by atoms with van der Waals surface area (Å²) >= 11 is 3.47. The van der Waals surface area contributed by atoms with Gasteiger partial charge >= 0.3 is 0 Å². The minimum Gasteiger partial charge on any atom is -0.0620 e. The van der Waals surface area contributed by atoms with Gasteiger partial charge in [-0.25, -0.2) is 0 Å². The molecule has 66 valence electrons. The predicted octanol–water partition coefficient (Wildman–Crippen LogP) is 3.94. The fraction of sp³-hybridized carbons (Fsp3) is 0.333. The van der Waals surface area contributed by atoms with Crippen molar-refractivity contribution in [1.82, 2.24) is 0 Å². The maximum atomic E-state index is 3.47. The lowest BCUT2D eigenvalue weighted by molar-refractivity contribution is 0.757. The van der Waals surface area contributed by atoms with Gasteiger partial charge in [-0.2, -0.15) is 0 Å². The molecule has 2 aliphatic rings. The zero-order valence-corrected chi connectivity index (χ0v) is 8.92. The van der Waals surface area contributed by atoms with Crippen LogP contribution in [0.3, 0.4) is 0 Å². The number of allylic oxidation sites excluding steroid dienone is 1. The summed E-state index contributed by atoms with van der Waals surface area (Å²) in [6, 6.07) is 8.91. The lowest BCUT2D eigenvalue weighted by Gasteiger charge is -2.16. The summed E-state index contributed by atoms with van der Waals surface area (Å²) in [5.74, 6) is 1.53. The van der Waals surface area contributed by atoms with Crippen LogP contribution in [0.25, 0.3) is 0 Å². The lowest BCUT2D eigenvalue weighted by atomic mass is 9.89. The number of halogens is 1. The molecule has 0 saturated heterocycles. The highest BCUT2D eigenvalue weighted by Crippen LogP contribution is 2.55. The second-order valence-corrected chi connectivity index (χ2v) is 4.46. The van der Waals surface area contributed by atoms with E-state index in [-0.39, 0.29) is 0 Å². The van der Waals surface area contributed by atoms with E-state index in [9.17, 15) is 0 Å². The average Bonchev–Trinajstić information content (AvgIpc) is 2.75. The number of hydrogen-bond acceptors (Lipinski definition) is 0. The van der Waals surface area contributed by atoms with Crippen molar-refractivity contribution in [2.24, 2.45) is 0 Å². The molecular formula is C12H11Br. The first-order chi connectivity index (χ1) is 6.40. The van der Waals surface area contributed by atoms with Crippen molar-refractivity contribution in [2.45, 2.75) is 24.7 Å². The van der Waals surface area contributed by atoms with E-state index >= 15 is 0 Å². The Morgan fingerprint density at radius 2 is 2.00 bits per heavy atom. The summed E-state index contributed by atoms with van der Waals surface area (Å²) in [6.07, 6.45) is 2.61. The van der Waals surface area contributed by atoms with Gasteiger partial charge in [-0.3, -0.25) is 0 Å². The Balaban J connectivity index is 2.17. The van der Waals surface area contributed by atoms with Gasteiger partial charge in [0.2, 0.25) is 0 Å². The second kappa shape index (κ2) is 2.71. The summed E-state index contributed by atoms with van der Waals surface area (Å²) in [5.41, 5.74) is 4.76. The number of fused-ring (bicyclic) bond motifs is 5. The van der Waals surface area contributed by atoms with Crippen molar-refractivity contribution >= 4 is 15.9 Å². The Kier molecular flexibility index (Phi) is 1.63. The standard InChI is InChI=1S/C12H11Br/c13-7-9-5-8-6-12(9)11-4-2-1-3-10(8)11/h1-4,7-8,12H,5-6H2/b9-7-/t8-,12-/m1/s1. The third-order valence-electron chi connectivity index (χ3n) is 3.40. The van der Waals surface area contributed by atoms with Gasteiger partial charge < -0.3 is 0 Å². The molecule has 1 heteroatoms. The highest BCUT2D eigenvalue weighted by atomic mass is 79.9. The van der Waals surface area contributed by atoms with E-state index in [0.717, 1.165) is 11.8 Å². The summed E-state index contributed by atoms with van der Waals surface area (Å²) in [6.45, 7) is 0. The van der Waals surface area contributed by atoms with E-state index in [1.807, 2.05) is 0 Å². The SMILES string of the molecule is Br/C=C1/C[C@@H]2C[C@H]1c1ccccc12. The molecule has 0 radical (unpaired) electrons. The maximum absolute atomic E-state index is 3.47. The van der Waals surface area contributed by atoms with E-state index in [0.29, 0.717) is 0 Å². The molecule has 0 aliphatic heterocycles. The molecule has 1 aromatic rings. The molecule has 0 heterocycles. The molecule has 0 nitrogen and oxygen atoms in total. The van der Waals surface area contributed by atoms with Gasteiger partial charge in [-0.15, -0.1) is 0 Å². The zero-order chi connectivity index (χ0) is 8.84. The van der Waals surface area contributed by atoms with Crippen LogP contribution >= 0.6 is 15.9 Å². The molecule has 2 aliphatic carbocycles. The minimum absolute atomic E-state index is 0.723. The van der Waals surface area contributed by atoms with Gasteiger partial charge in [0.15, 0.2) is 0 Å². The molecule has 0 N–H and O–H groups in total. The van der Waals surface area contributed by atoms with Crippen molar-refractivity contribution in [2.75, 3.05) is 0 Å². The first-order valence-corrected chi connectivity index (χ1v) is 5.69. The van der Waals surface area contributed by atoms with Gasteiger partial charge in [-0.05, 0) is 34.9 Å². The fourth-order valence-electron chi connectivity index (χ4n) is 2.83.